The topological polar surface area (TPSA) is 82.0 Å². The number of phenols is 1. The predicted molar refractivity (Wildman–Crippen MR) is 138 cm³/mol. The summed E-state index contributed by atoms with van der Waals surface area (Å²) in [5.41, 5.74) is 1.26. The molecule has 2 bridgehead atoms. The number of carbonyl (C=O) groups excluding carboxylic acids is 1. The number of fused-ring (bicyclic) bond motifs is 1. The molecule has 2 aromatic carbocycles. The van der Waals surface area contributed by atoms with Gasteiger partial charge < -0.3 is 20.3 Å². The van der Waals surface area contributed by atoms with Crippen LogP contribution in [-0.2, 0) is 11.8 Å². The van der Waals surface area contributed by atoms with Gasteiger partial charge in [0, 0.05) is 28.4 Å². The van der Waals surface area contributed by atoms with Crippen molar-refractivity contribution in [1.29, 1.82) is 0 Å². The second kappa shape index (κ2) is 7.24. The fourth-order valence-corrected chi connectivity index (χ4v) is 8.76. The van der Waals surface area contributed by atoms with E-state index in [-0.39, 0.29) is 23.7 Å². The molecular weight excluding hydrogens is 472 g/mol. The first kappa shape index (κ1) is 21.5. The largest absolute Gasteiger partial charge is 0.504 e. The fourth-order valence-electron chi connectivity index (χ4n) is 7.99. The number of hydrogen-bond acceptors (Lipinski definition) is 6. The Kier molecular flexibility index (Phi) is 4.32. The second-order valence-electron chi connectivity index (χ2n) is 11.6. The summed E-state index contributed by atoms with van der Waals surface area (Å²) in [7, 11) is 0. The van der Waals surface area contributed by atoms with Crippen molar-refractivity contribution >= 4 is 27.3 Å². The van der Waals surface area contributed by atoms with Crippen molar-refractivity contribution in [1.82, 2.24) is 10.2 Å². The van der Waals surface area contributed by atoms with Crippen molar-refractivity contribution < 1.29 is 19.7 Å². The number of amides is 1. The molecule has 36 heavy (non-hydrogen) atoms. The van der Waals surface area contributed by atoms with Gasteiger partial charge in [0.25, 0.3) is 5.91 Å². The van der Waals surface area contributed by atoms with E-state index in [0.717, 1.165) is 47.5 Å². The average Bonchev–Trinajstić information content (AvgIpc) is 3.42. The first-order valence-corrected chi connectivity index (χ1v) is 14.1. The predicted octanol–water partition coefficient (Wildman–Crippen LogP) is 3.97. The van der Waals surface area contributed by atoms with E-state index in [1.807, 2.05) is 35.7 Å². The summed E-state index contributed by atoms with van der Waals surface area (Å²) in [6.45, 7) is 1.97. The van der Waals surface area contributed by atoms with Gasteiger partial charge in [-0.3, -0.25) is 9.69 Å². The summed E-state index contributed by atoms with van der Waals surface area (Å²) < 4.78 is 7.73. The highest BCUT2D eigenvalue weighted by atomic mass is 32.1. The molecular formula is C29H30N2O4S. The van der Waals surface area contributed by atoms with Gasteiger partial charge in [-0.2, -0.15) is 0 Å². The number of likely N-dealkylation sites (tertiary alicyclic amines) is 1. The van der Waals surface area contributed by atoms with Gasteiger partial charge in [-0.25, -0.2) is 0 Å². The quantitative estimate of drug-likeness (QED) is 0.503. The van der Waals surface area contributed by atoms with Crippen LogP contribution in [0.25, 0.3) is 10.1 Å². The monoisotopic (exact) mass is 502 g/mol. The molecule has 7 heteroatoms. The van der Waals surface area contributed by atoms with Crippen molar-refractivity contribution in [3.05, 3.63) is 58.5 Å². The number of rotatable bonds is 4. The lowest BCUT2D eigenvalue weighted by Gasteiger charge is -2.64. The number of nitrogens with zero attached hydrogens (tertiary/aromatic N) is 1. The van der Waals surface area contributed by atoms with Gasteiger partial charge in [0.1, 0.15) is 6.10 Å². The molecule has 1 aromatic heterocycles. The van der Waals surface area contributed by atoms with E-state index in [9.17, 15) is 15.0 Å². The smallest absolute Gasteiger partial charge is 0.251 e. The Morgan fingerprint density at radius 1 is 1.17 bits per heavy atom. The maximum atomic E-state index is 13.4. The van der Waals surface area contributed by atoms with Gasteiger partial charge in [0.2, 0.25) is 0 Å². The maximum Gasteiger partial charge on any atom is 0.251 e. The SMILES string of the molecule is O=C(N[C@@H]1CC[C@@]2(O)[C@H]3Cc4ccc(O)c5c4[C@@]2(CCN3CC2CC2)[C@H]1O5)c1ccc2sccc2c1. The summed E-state index contributed by atoms with van der Waals surface area (Å²) in [5.74, 6) is 1.29. The van der Waals surface area contributed by atoms with Crippen LogP contribution < -0.4 is 10.1 Å². The number of ether oxygens (including phenoxy) is 1. The summed E-state index contributed by atoms with van der Waals surface area (Å²) in [6, 6.07) is 11.4. The first-order valence-electron chi connectivity index (χ1n) is 13.2. The molecule has 0 radical (unpaired) electrons. The highest BCUT2D eigenvalue weighted by Gasteiger charge is 2.73. The van der Waals surface area contributed by atoms with Gasteiger partial charge in [0.15, 0.2) is 11.5 Å². The zero-order chi connectivity index (χ0) is 24.2. The van der Waals surface area contributed by atoms with Crippen LogP contribution in [0, 0.1) is 5.92 Å². The Morgan fingerprint density at radius 2 is 2.06 bits per heavy atom. The molecule has 5 atom stereocenters. The second-order valence-corrected chi connectivity index (χ2v) is 12.5. The van der Waals surface area contributed by atoms with E-state index in [2.05, 4.69) is 10.2 Å². The molecule has 3 fully saturated rings. The van der Waals surface area contributed by atoms with E-state index in [0.29, 0.717) is 24.2 Å². The van der Waals surface area contributed by atoms with Crippen molar-refractivity contribution in [2.24, 2.45) is 5.92 Å². The Hall–Kier alpha value is -2.61. The molecule has 0 unspecified atom stereocenters. The molecule has 3 aliphatic carbocycles. The molecule has 3 aromatic rings. The van der Waals surface area contributed by atoms with Crippen LogP contribution in [0.2, 0.25) is 0 Å². The number of carbonyl (C=O) groups is 1. The molecule has 5 aliphatic rings. The lowest BCUT2D eigenvalue weighted by atomic mass is 9.48. The number of benzene rings is 2. The first-order chi connectivity index (χ1) is 17.5. The van der Waals surface area contributed by atoms with Crippen LogP contribution >= 0.6 is 11.3 Å². The van der Waals surface area contributed by atoms with E-state index < -0.39 is 17.1 Å². The van der Waals surface area contributed by atoms with Crippen molar-refractivity contribution in [2.45, 2.75) is 67.7 Å². The average molecular weight is 503 g/mol. The molecule has 2 aliphatic heterocycles. The van der Waals surface area contributed by atoms with E-state index in [4.69, 9.17) is 4.74 Å². The van der Waals surface area contributed by atoms with Crippen LogP contribution in [0.5, 0.6) is 11.5 Å². The summed E-state index contributed by atoms with van der Waals surface area (Å²) in [6.07, 6.45) is 4.99. The Morgan fingerprint density at radius 3 is 2.92 bits per heavy atom. The zero-order valence-corrected chi connectivity index (χ0v) is 20.9. The third-order valence-corrected chi connectivity index (χ3v) is 10.7. The number of thiophene rings is 1. The third-order valence-electron chi connectivity index (χ3n) is 9.79. The normalized spacial score (nSPS) is 34.3. The summed E-state index contributed by atoms with van der Waals surface area (Å²) in [4.78, 5) is 15.9. The molecule has 1 amide bonds. The highest BCUT2D eigenvalue weighted by molar-refractivity contribution is 7.17. The zero-order valence-electron chi connectivity index (χ0n) is 20.1. The Labute approximate surface area is 213 Å². The molecule has 1 spiro atoms. The number of nitrogens with one attached hydrogen (secondary N) is 1. The van der Waals surface area contributed by atoms with Crippen LogP contribution in [0.15, 0.2) is 41.8 Å². The van der Waals surface area contributed by atoms with Crippen LogP contribution in [0.1, 0.15) is 53.6 Å². The molecule has 1 saturated heterocycles. The van der Waals surface area contributed by atoms with Crippen molar-refractivity contribution in [3.8, 4) is 11.5 Å². The molecule has 2 saturated carbocycles. The standard InChI is InChI=1S/C29H30N2O4S/c32-21-5-3-18-14-23-29(34)9-7-20(30-27(33)19-4-6-22-17(13-19)8-12-36-22)26-28(29,24(18)25(21)35-26)10-11-31(23)15-16-1-2-16/h3-6,8,12-13,16,20,23,26,32,34H,1-2,7,9-11,14-15H2,(H,30,33)/t20-,23-,26+,28+,29-/m1/s1. The fraction of sp³-hybridized carbons (Fsp3) is 0.483. The lowest BCUT2D eigenvalue weighted by Crippen LogP contribution is -2.78. The molecule has 186 valence electrons. The van der Waals surface area contributed by atoms with E-state index >= 15 is 0 Å². The maximum absolute atomic E-state index is 13.4. The van der Waals surface area contributed by atoms with Gasteiger partial charge in [0.05, 0.1) is 17.1 Å². The molecule has 3 N–H and O–H groups in total. The molecule has 8 rings (SSSR count). The number of aromatic hydroxyl groups is 1. The summed E-state index contributed by atoms with van der Waals surface area (Å²) >= 11 is 1.67. The van der Waals surface area contributed by atoms with Gasteiger partial charge >= 0.3 is 0 Å². The van der Waals surface area contributed by atoms with Crippen molar-refractivity contribution in [2.75, 3.05) is 13.1 Å². The number of aliphatic hydroxyl groups is 1. The highest BCUT2D eigenvalue weighted by Crippen LogP contribution is 2.65. The van der Waals surface area contributed by atoms with Gasteiger partial charge in [-0.05, 0) is 97.6 Å². The Bertz CT molecular complexity index is 1420. The minimum atomic E-state index is -0.937. The third kappa shape index (κ3) is 2.71. The van der Waals surface area contributed by atoms with Crippen LogP contribution in [-0.4, -0.2) is 57.9 Å². The number of piperidine rings is 1. The Balaban J connectivity index is 1.18. The number of phenolic OH excluding ortho intramolecular Hbond substituents is 1. The minimum absolute atomic E-state index is 0.0404. The van der Waals surface area contributed by atoms with Gasteiger partial charge in [-0.15, -0.1) is 11.3 Å². The minimum Gasteiger partial charge on any atom is -0.504 e. The lowest BCUT2D eigenvalue weighted by molar-refractivity contribution is -0.191. The van der Waals surface area contributed by atoms with Crippen molar-refractivity contribution in [3.63, 3.8) is 0 Å². The van der Waals surface area contributed by atoms with Crippen LogP contribution in [0.4, 0.5) is 0 Å². The van der Waals surface area contributed by atoms with Gasteiger partial charge in [-0.1, -0.05) is 6.07 Å². The molecule has 6 nitrogen and oxygen atoms in total. The van der Waals surface area contributed by atoms with Crippen LogP contribution in [0.3, 0.4) is 0 Å². The molecule has 3 heterocycles. The summed E-state index contributed by atoms with van der Waals surface area (Å²) in [5, 5.41) is 29.7. The van der Waals surface area contributed by atoms with E-state index in [1.54, 1.807) is 17.4 Å². The van der Waals surface area contributed by atoms with E-state index in [1.165, 1.54) is 18.4 Å². The number of hydrogen-bond donors (Lipinski definition) is 3.